The van der Waals surface area contributed by atoms with E-state index < -0.39 is 0 Å². The second-order valence-corrected chi connectivity index (χ2v) is 3.44. The maximum atomic E-state index is 11.8. The van der Waals surface area contributed by atoms with Crippen molar-refractivity contribution in [2.45, 2.75) is 6.17 Å². The topological polar surface area (TPSA) is 32.3 Å². The van der Waals surface area contributed by atoms with Gasteiger partial charge in [-0.3, -0.25) is 10.1 Å². The first kappa shape index (κ1) is 7.09. The summed E-state index contributed by atoms with van der Waals surface area (Å²) in [6.45, 7) is 1.74. The molecule has 0 radical (unpaired) electrons. The Bertz CT molecular complexity index is 375. The third kappa shape index (κ3) is 0.795. The van der Waals surface area contributed by atoms with Crippen LogP contribution in [0.5, 0.6) is 0 Å². The van der Waals surface area contributed by atoms with Crippen LogP contribution in [0, 0.1) is 0 Å². The van der Waals surface area contributed by atoms with Crippen molar-refractivity contribution in [1.82, 2.24) is 10.2 Å². The number of fused-ring (bicyclic) bond motifs is 3. The molecular formula is C10H10N2O. The van der Waals surface area contributed by atoms with E-state index in [1.807, 2.05) is 29.2 Å². The highest BCUT2D eigenvalue weighted by atomic mass is 16.2. The zero-order valence-corrected chi connectivity index (χ0v) is 7.16. The molecule has 0 spiro atoms. The molecule has 3 rings (SSSR count). The van der Waals surface area contributed by atoms with E-state index in [0.717, 1.165) is 24.2 Å². The van der Waals surface area contributed by atoms with E-state index in [2.05, 4.69) is 5.32 Å². The molecule has 2 heterocycles. The maximum Gasteiger partial charge on any atom is 0.255 e. The van der Waals surface area contributed by atoms with Gasteiger partial charge in [0.15, 0.2) is 0 Å². The third-order valence-electron chi connectivity index (χ3n) is 2.75. The number of carbonyl (C=O) groups excluding carboxylic acids is 1. The number of hydrogen-bond donors (Lipinski definition) is 1. The number of benzene rings is 1. The van der Waals surface area contributed by atoms with Gasteiger partial charge in [-0.05, 0) is 6.07 Å². The molecule has 1 N–H and O–H groups in total. The first-order valence-corrected chi connectivity index (χ1v) is 4.51. The normalized spacial score (nSPS) is 24.8. The summed E-state index contributed by atoms with van der Waals surface area (Å²) in [7, 11) is 0. The van der Waals surface area contributed by atoms with Gasteiger partial charge in [0.1, 0.15) is 6.17 Å². The fourth-order valence-electron chi connectivity index (χ4n) is 2.14. The first-order valence-electron chi connectivity index (χ1n) is 4.51. The third-order valence-corrected chi connectivity index (χ3v) is 2.75. The number of rotatable bonds is 0. The van der Waals surface area contributed by atoms with E-state index >= 15 is 0 Å². The molecule has 1 unspecified atom stereocenters. The number of nitrogens with zero attached hydrogens (tertiary/aromatic N) is 1. The van der Waals surface area contributed by atoms with E-state index in [0.29, 0.717) is 0 Å². The Morgan fingerprint density at radius 1 is 1.38 bits per heavy atom. The second-order valence-electron chi connectivity index (χ2n) is 3.44. The van der Waals surface area contributed by atoms with Gasteiger partial charge in [0.2, 0.25) is 0 Å². The molecular weight excluding hydrogens is 164 g/mol. The van der Waals surface area contributed by atoms with Crippen LogP contribution in [0.1, 0.15) is 22.1 Å². The van der Waals surface area contributed by atoms with E-state index in [9.17, 15) is 4.79 Å². The molecule has 2 aliphatic rings. The van der Waals surface area contributed by atoms with Gasteiger partial charge in [-0.2, -0.15) is 0 Å². The molecule has 66 valence electrons. The standard InChI is InChI=1S/C10H10N2O/c13-10-8-4-2-1-3-7(8)9-11-5-6-12(9)10/h1-4,9,11H,5-6H2. The average molecular weight is 174 g/mol. The molecule has 1 atom stereocenters. The Kier molecular flexibility index (Phi) is 1.27. The number of amides is 1. The molecule has 0 bridgehead atoms. The highest BCUT2D eigenvalue weighted by Gasteiger charge is 2.38. The first-order chi connectivity index (χ1) is 6.38. The molecule has 0 saturated carbocycles. The van der Waals surface area contributed by atoms with E-state index in [1.54, 1.807) is 0 Å². The largest absolute Gasteiger partial charge is 0.318 e. The smallest absolute Gasteiger partial charge is 0.255 e. The van der Waals surface area contributed by atoms with Gasteiger partial charge < -0.3 is 4.90 Å². The Hall–Kier alpha value is -1.35. The van der Waals surface area contributed by atoms with Gasteiger partial charge in [-0.1, -0.05) is 18.2 Å². The van der Waals surface area contributed by atoms with E-state index in [-0.39, 0.29) is 12.1 Å². The van der Waals surface area contributed by atoms with Crippen LogP contribution in [-0.2, 0) is 0 Å². The summed E-state index contributed by atoms with van der Waals surface area (Å²) >= 11 is 0. The Morgan fingerprint density at radius 3 is 3.15 bits per heavy atom. The fraction of sp³-hybridized carbons (Fsp3) is 0.300. The van der Waals surface area contributed by atoms with Crippen LogP contribution >= 0.6 is 0 Å². The summed E-state index contributed by atoms with van der Waals surface area (Å²) in [4.78, 5) is 13.7. The van der Waals surface area contributed by atoms with Crippen molar-refractivity contribution in [3.8, 4) is 0 Å². The van der Waals surface area contributed by atoms with Crippen molar-refractivity contribution < 1.29 is 4.79 Å². The molecule has 2 aliphatic heterocycles. The monoisotopic (exact) mass is 174 g/mol. The lowest BCUT2D eigenvalue weighted by Gasteiger charge is -2.14. The zero-order valence-electron chi connectivity index (χ0n) is 7.16. The summed E-state index contributed by atoms with van der Waals surface area (Å²) in [5, 5.41) is 3.31. The van der Waals surface area contributed by atoms with Gasteiger partial charge in [0, 0.05) is 24.2 Å². The number of nitrogens with one attached hydrogen (secondary N) is 1. The predicted octanol–water partition coefficient (Wildman–Crippen LogP) is 0.744. The van der Waals surface area contributed by atoms with Crippen molar-refractivity contribution in [1.29, 1.82) is 0 Å². The zero-order chi connectivity index (χ0) is 8.84. The molecule has 3 nitrogen and oxygen atoms in total. The minimum absolute atomic E-state index is 0.142. The van der Waals surface area contributed by atoms with E-state index in [4.69, 9.17) is 0 Å². The SMILES string of the molecule is O=C1c2ccccc2C2NCCN12. The predicted molar refractivity (Wildman–Crippen MR) is 48.2 cm³/mol. The summed E-state index contributed by atoms with van der Waals surface area (Å²) in [6, 6.07) is 7.82. The molecule has 1 saturated heterocycles. The lowest BCUT2D eigenvalue weighted by atomic mass is 10.1. The quantitative estimate of drug-likeness (QED) is 0.629. The Labute approximate surface area is 76.4 Å². The minimum Gasteiger partial charge on any atom is -0.318 e. The van der Waals surface area contributed by atoms with Crippen LogP contribution in [-0.4, -0.2) is 23.9 Å². The Balaban J connectivity index is 2.19. The van der Waals surface area contributed by atoms with Gasteiger partial charge >= 0.3 is 0 Å². The molecule has 1 aromatic carbocycles. The fourth-order valence-corrected chi connectivity index (χ4v) is 2.14. The highest BCUT2D eigenvalue weighted by molar-refractivity contribution is 5.99. The second kappa shape index (κ2) is 2.33. The summed E-state index contributed by atoms with van der Waals surface area (Å²) in [6.07, 6.45) is 0.142. The van der Waals surface area contributed by atoms with Gasteiger partial charge in [-0.15, -0.1) is 0 Å². The van der Waals surface area contributed by atoms with Crippen LogP contribution < -0.4 is 5.32 Å². The highest BCUT2D eigenvalue weighted by Crippen LogP contribution is 2.33. The van der Waals surface area contributed by atoms with Crippen LogP contribution in [0.4, 0.5) is 0 Å². The van der Waals surface area contributed by atoms with Crippen LogP contribution in [0.15, 0.2) is 24.3 Å². The van der Waals surface area contributed by atoms with E-state index in [1.165, 1.54) is 0 Å². The average Bonchev–Trinajstić information content (AvgIpc) is 2.72. The van der Waals surface area contributed by atoms with Crippen LogP contribution in [0.25, 0.3) is 0 Å². The Morgan fingerprint density at radius 2 is 2.23 bits per heavy atom. The van der Waals surface area contributed by atoms with Crippen molar-refractivity contribution in [2.24, 2.45) is 0 Å². The molecule has 0 aromatic heterocycles. The maximum absolute atomic E-state index is 11.8. The lowest BCUT2D eigenvalue weighted by Crippen LogP contribution is -2.25. The number of hydrogen-bond acceptors (Lipinski definition) is 2. The van der Waals surface area contributed by atoms with Crippen molar-refractivity contribution in [3.63, 3.8) is 0 Å². The van der Waals surface area contributed by atoms with Gasteiger partial charge in [0.05, 0.1) is 0 Å². The van der Waals surface area contributed by atoms with Crippen molar-refractivity contribution in [2.75, 3.05) is 13.1 Å². The molecule has 13 heavy (non-hydrogen) atoms. The van der Waals surface area contributed by atoms with Crippen LogP contribution in [0.3, 0.4) is 0 Å². The van der Waals surface area contributed by atoms with Crippen molar-refractivity contribution in [3.05, 3.63) is 35.4 Å². The van der Waals surface area contributed by atoms with Gasteiger partial charge in [0.25, 0.3) is 5.91 Å². The van der Waals surface area contributed by atoms with Crippen molar-refractivity contribution >= 4 is 5.91 Å². The van der Waals surface area contributed by atoms with Crippen LogP contribution in [0.2, 0.25) is 0 Å². The molecule has 1 fully saturated rings. The molecule has 3 heteroatoms. The minimum atomic E-state index is 0.142. The molecule has 1 amide bonds. The van der Waals surface area contributed by atoms with Gasteiger partial charge in [-0.25, -0.2) is 0 Å². The molecule has 0 aliphatic carbocycles. The summed E-state index contributed by atoms with van der Waals surface area (Å²) < 4.78 is 0. The lowest BCUT2D eigenvalue weighted by molar-refractivity contribution is 0.0771. The summed E-state index contributed by atoms with van der Waals surface area (Å²) in [5.41, 5.74) is 1.99. The summed E-state index contributed by atoms with van der Waals surface area (Å²) in [5.74, 6) is 0.172. The molecule has 1 aromatic rings. The number of carbonyl (C=O) groups is 1.